The van der Waals surface area contributed by atoms with Gasteiger partial charge in [0, 0.05) is 18.1 Å². The molecule has 0 unspecified atom stereocenters. The lowest BCUT2D eigenvalue weighted by atomic mass is 9.69. The molecule has 0 atom stereocenters. The fourth-order valence-corrected chi connectivity index (χ4v) is 6.10. The van der Waals surface area contributed by atoms with Crippen molar-refractivity contribution in [3.63, 3.8) is 0 Å². The van der Waals surface area contributed by atoms with Crippen molar-refractivity contribution in [3.8, 4) is 0 Å². The molecule has 204 valence electrons. The monoisotopic (exact) mass is 546 g/mol. The number of hydrogen-bond acceptors (Lipinski definition) is 5. The number of hydrogen-bond donors (Lipinski definition) is 1. The summed E-state index contributed by atoms with van der Waals surface area (Å²) in [5.74, 6) is 1.52. The maximum Gasteiger partial charge on any atom is 0.416 e. The van der Waals surface area contributed by atoms with Gasteiger partial charge < -0.3 is 14.7 Å². The summed E-state index contributed by atoms with van der Waals surface area (Å²) in [4.78, 5) is 7.15. The minimum Gasteiger partial charge on any atom is -0.338 e. The van der Waals surface area contributed by atoms with E-state index in [-0.39, 0.29) is 11.3 Å². The lowest BCUT2D eigenvalue weighted by molar-refractivity contribution is -0.137. The Morgan fingerprint density at radius 1 is 1.03 bits per heavy atom. The van der Waals surface area contributed by atoms with E-state index in [9.17, 15) is 13.2 Å². The largest absolute Gasteiger partial charge is 0.416 e. The van der Waals surface area contributed by atoms with Gasteiger partial charge in [-0.3, -0.25) is 0 Å². The van der Waals surface area contributed by atoms with Gasteiger partial charge in [0.2, 0.25) is 5.89 Å². The molecule has 1 aliphatic heterocycles. The molecule has 0 bridgehead atoms. The van der Waals surface area contributed by atoms with Gasteiger partial charge in [0.1, 0.15) is 0 Å². The molecule has 0 spiro atoms. The molecule has 2 fully saturated rings. The second kappa shape index (κ2) is 11.8. The van der Waals surface area contributed by atoms with Crippen LogP contribution in [0.5, 0.6) is 0 Å². The van der Waals surface area contributed by atoms with Gasteiger partial charge in [-0.25, -0.2) is 0 Å². The highest BCUT2D eigenvalue weighted by Crippen LogP contribution is 2.44. The van der Waals surface area contributed by atoms with Crippen LogP contribution in [0, 0.1) is 0 Å². The Morgan fingerprint density at radius 2 is 1.76 bits per heavy atom. The lowest BCUT2D eigenvalue weighted by Crippen LogP contribution is -2.37. The van der Waals surface area contributed by atoms with E-state index in [1.165, 1.54) is 24.1 Å². The molecule has 38 heavy (non-hydrogen) atoms. The van der Waals surface area contributed by atoms with Crippen LogP contribution in [-0.2, 0) is 18.1 Å². The molecule has 1 aliphatic carbocycles. The molecule has 2 aromatic carbocycles. The zero-order valence-electron chi connectivity index (χ0n) is 21.4. The number of benzene rings is 2. The Morgan fingerprint density at radius 3 is 2.47 bits per heavy atom. The number of nitrogens with one attached hydrogen (secondary N) is 1. The van der Waals surface area contributed by atoms with Crippen molar-refractivity contribution < 1.29 is 17.7 Å². The normalized spacial score (nSPS) is 19.1. The standard InChI is InChI=1S/C29H34ClF3N4O/c30-25-9-7-23(8-10-25)28(13-2-1-3-14-28)27-35-26(38-36-27)20-34-15-18-37-16-11-21(12-17-37)22-5-4-6-24(19-22)29(31,32)33/h4-10,19,21,34H,1-3,11-18,20H2. The molecule has 9 heteroatoms. The highest BCUT2D eigenvalue weighted by molar-refractivity contribution is 6.30. The van der Waals surface area contributed by atoms with E-state index >= 15 is 0 Å². The smallest absolute Gasteiger partial charge is 0.338 e. The number of halogens is 4. The van der Waals surface area contributed by atoms with Crippen molar-refractivity contribution in [3.05, 3.63) is 82.0 Å². The number of rotatable bonds is 8. The summed E-state index contributed by atoms with van der Waals surface area (Å²) >= 11 is 6.13. The molecule has 0 radical (unpaired) electrons. The summed E-state index contributed by atoms with van der Waals surface area (Å²) in [7, 11) is 0. The van der Waals surface area contributed by atoms with E-state index < -0.39 is 11.7 Å². The van der Waals surface area contributed by atoms with Crippen molar-refractivity contribution in [2.75, 3.05) is 26.2 Å². The van der Waals surface area contributed by atoms with Gasteiger partial charge in [-0.2, -0.15) is 18.2 Å². The molecule has 2 heterocycles. The minimum atomic E-state index is -4.30. The summed E-state index contributed by atoms with van der Waals surface area (Å²) in [6.07, 6.45) is 2.91. The zero-order valence-corrected chi connectivity index (χ0v) is 22.2. The second-order valence-corrected chi connectivity index (χ2v) is 11.0. The average molecular weight is 547 g/mol. The van der Waals surface area contributed by atoms with E-state index in [0.29, 0.717) is 12.4 Å². The van der Waals surface area contributed by atoms with Crippen LogP contribution in [-0.4, -0.2) is 41.2 Å². The Hall–Kier alpha value is -2.42. The molecule has 1 N–H and O–H groups in total. The maximum absolute atomic E-state index is 13.1. The quantitative estimate of drug-likeness (QED) is 0.309. The van der Waals surface area contributed by atoms with Gasteiger partial charge >= 0.3 is 6.18 Å². The number of nitrogens with zero attached hydrogens (tertiary/aromatic N) is 3. The summed E-state index contributed by atoms with van der Waals surface area (Å²) in [6.45, 7) is 3.89. The first kappa shape index (κ1) is 27.2. The molecule has 1 saturated heterocycles. The molecule has 5 rings (SSSR count). The van der Waals surface area contributed by atoms with Crippen LogP contribution in [0.15, 0.2) is 53.1 Å². The third-order valence-electron chi connectivity index (χ3n) is 8.15. The highest BCUT2D eigenvalue weighted by Gasteiger charge is 2.40. The predicted molar refractivity (Wildman–Crippen MR) is 141 cm³/mol. The first-order valence-corrected chi connectivity index (χ1v) is 13.9. The van der Waals surface area contributed by atoms with Gasteiger partial charge in [-0.05, 0) is 74.0 Å². The number of aromatic nitrogens is 2. The molecule has 3 aromatic rings. The SMILES string of the molecule is FC(F)(F)c1cccc(C2CCN(CCNCc3nc(C4(c5ccc(Cl)cc5)CCCCC4)no3)CC2)c1. The number of alkyl halides is 3. The van der Waals surface area contributed by atoms with Gasteiger partial charge in [-0.15, -0.1) is 0 Å². The van der Waals surface area contributed by atoms with E-state index in [2.05, 4.69) is 27.5 Å². The summed E-state index contributed by atoms with van der Waals surface area (Å²) in [5.41, 5.74) is 1.19. The Kier molecular flexibility index (Phi) is 8.41. The molecular weight excluding hydrogens is 513 g/mol. The van der Waals surface area contributed by atoms with Crippen molar-refractivity contribution in [2.24, 2.45) is 0 Å². The van der Waals surface area contributed by atoms with Gasteiger partial charge in [0.05, 0.1) is 17.5 Å². The van der Waals surface area contributed by atoms with E-state index in [0.717, 1.165) is 87.2 Å². The van der Waals surface area contributed by atoms with Gasteiger partial charge in [-0.1, -0.05) is 66.4 Å². The molecule has 1 aromatic heterocycles. The minimum absolute atomic E-state index is 0.172. The van der Waals surface area contributed by atoms with Crippen molar-refractivity contribution in [1.82, 2.24) is 20.4 Å². The predicted octanol–water partition coefficient (Wildman–Crippen LogP) is 6.96. The second-order valence-electron chi connectivity index (χ2n) is 10.6. The third kappa shape index (κ3) is 6.24. The Balaban J connectivity index is 1.10. The van der Waals surface area contributed by atoms with Crippen LogP contribution in [0.25, 0.3) is 0 Å². The first-order chi connectivity index (χ1) is 18.3. The zero-order chi connectivity index (χ0) is 26.6. The fraction of sp³-hybridized carbons (Fsp3) is 0.517. The number of likely N-dealkylation sites (tertiary alicyclic amines) is 1. The summed E-state index contributed by atoms with van der Waals surface area (Å²) < 4.78 is 44.8. The topological polar surface area (TPSA) is 54.2 Å². The van der Waals surface area contributed by atoms with Gasteiger partial charge in [0.25, 0.3) is 0 Å². The van der Waals surface area contributed by atoms with Crippen LogP contribution in [0.3, 0.4) is 0 Å². The molecule has 2 aliphatic rings. The summed E-state index contributed by atoms with van der Waals surface area (Å²) in [6, 6.07) is 13.8. The van der Waals surface area contributed by atoms with E-state index in [4.69, 9.17) is 21.1 Å². The molecule has 0 amide bonds. The van der Waals surface area contributed by atoms with Crippen molar-refractivity contribution >= 4 is 11.6 Å². The fourth-order valence-electron chi connectivity index (χ4n) is 5.98. The average Bonchev–Trinajstić information content (AvgIpc) is 3.41. The van der Waals surface area contributed by atoms with Gasteiger partial charge in [0.15, 0.2) is 5.82 Å². The lowest BCUT2D eigenvalue weighted by Gasteiger charge is -2.35. The third-order valence-corrected chi connectivity index (χ3v) is 8.41. The Labute approximate surface area is 226 Å². The van der Waals surface area contributed by atoms with Crippen molar-refractivity contribution in [2.45, 2.75) is 69.0 Å². The molecule has 5 nitrogen and oxygen atoms in total. The summed E-state index contributed by atoms with van der Waals surface area (Å²) in [5, 5.41) is 8.53. The van der Waals surface area contributed by atoms with E-state index in [1.54, 1.807) is 0 Å². The van der Waals surface area contributed by atoms with Crippen LogP contribution >= 0.6 is 11.6 Å². The number of piperidine rings is 1. The van der Waals surface area contributed by atoms with Crippen LogP contribution in [0.1, 0.15) is 79.3 Å². The molecular formula is C29H34ClF3N4O. The van der Waals surface area contributed by atoms with Crippen LogP contribution < -0.4 is 5.32 Å². The highest BCUT2D eigenvalue weighted by atomic mass is 35.5. The van der Waals surface area contributed by atoms with Crippen LogP contribution in [0.4, 0.5) is 13.2 Å². The maximum atomic E-state index is 13.1. The molecule has 1 saturated carbocycles. The van der Waals surface area contributed by atoms with Crippen LogP contribution in [0.2, 0.25) is 5.02 Å². The van der Waals surface area contributed by atoms with Crippen molar-refractivity contribution in [1.29, 1.82) is 0 Å². The first-order valence-electron chi connectivity index (χ1n) is 13.5. The Bertz CT molecular complexity index is 1180. The van der Waals surface area contributed by atoms with E-state index in [1.807, 2.05) is 18.2 Å².